The topological polar surface area (TPSA) is 110 Å². The zero-order chi connectivity index (χ0) is 21.5. The molecule has 1 aliphatic rings. The first kappa shape index (κ1) is 18.4. The van der Waals surface area contributed by atoms with Crippen LogP contribution in [0.15, 0.2) is 60.8 Å². The second-order valence-electron chi connectivity index (χ2n) is 7.11. The lowest BCUT2D eigenvalue weighted by molar-refractivity contribution is 0.0640. The molecule has 9 nitrogen and oxygen atoms in total. The monoisotopic (exact) mass is 409 g/mol. The van der Waals surface area contributed by atoms with Crippen LogP contribution in [0.4, 0.5) is 0 Å². The van der Waals surface area contributed by atoms with Gasteiger partial charge < -0.3 is 0 Å². The van der Waals surface area contributed by atoms with E-state index in [2.05, 4.69) is 21.5 Å². The average Bonchev–Trinajstić information content (AvgIpc) is 3.48. The van der Waals surface area contributed by atoms with E-state index in [0.717, 1.165) is 11.4 Å². The van der Waals surface area contributed by atoms with Crippen molar-refractivity contribution in [2.24, 2.45) is 0 Å². The van der Waals surface area contributed by atoms with E-state index in [1.807, 2.05) is 25.1 Å². The standard InChI is InChI=1S/C22H15N7O2/c1-14-10-20(25-29(14)17-8-6-15(11-23)7-9-17)28-13-16(24-26-28)12-27-21(30)18-4-2-3-5-19(18)22(27)31/h2-10,13H,12H2,1H3. The molecule has 31 heavy (non-hydrogen) atoms. The van der Waals surface area contributed by atoms with Gasteiger partial charge in [0.25, 0.3) is 11.8 Å². The summed E-state index contributed by atoms with van der Waals surface area (Å²) in [6, 6.07) is 17.8. The first-order valence-corrected chi connectivity index (χ1v) is 9.49. The number of aryl methyl sites for hydroxylation is 1. The summed E-state index contributed by atoms with van der Waals surface area (Å²) in [5.41, 5.74) is 3.53. The molecule has 1 aliphatic heterocycles. The quantitative estimate of drug-likeness (QED) is 0.479. The second-order valence-corrected chi connectivity index (χ2v) is 7.11. The molecule has 0 bridgehead atoms. The molecule has 0 fully saturated rings. The van der Waals surface area contributed by atoms with Crippen LogP contribution >= 0.6 is 0 Å². The Bertz CT molecular complexity index is 1340. The Morgan fingerprint density at radius 2 is 1.68 bits per heavy atom. The Kier molecular flexibility index (Phi) is 4.19. The average molecular weight is 409 g/mol. The van der Waals surface area contributed by atoms with Crippen molar-refractivity contribution in [2.45, 2.75) is 13.5 Å². The van der Waals surface area contributed by atoms with E-state index in [1.54, 1.807) is 47.3 Å². The van der Waals surface area contributed by atoms with Crippen LogP contribution in [0.5, 0.6) is 0 Å². The summed E-state index contributed by atoms with van der Waals surface area (Å²) in [5, 5.41) is 21.7. The molecule has 3 heterocycles. The maximum Gasteiger partial charge on any atom is 0.261 e. The van der Waals surface area contributed by atoms with Gasteiger partial charge in [-0.25, -0.2) is 9.36 Å². The van der Waals surface area contributed by atoms with Gasteiger partial charge in [-0.15, -0.1) is 10.2 Å². The molecule has 0 atom stereocenters. The van der Waals surface area contributed by atoms with E-state index < -0.39 is 0 Å². The van der Waals surface area contributed by atoms with Crippen molar-refractivity contribution in [1.82, 2.24) is 29.7 Å². The Morgan fingerprint density at radius 1 is 1.00 bits per heavy atom. The number of imide groups is 1. The summed E-state index contributed by atoms with van der Waals surface area (Å²) in [6.45, 7) is 1.94. The van der Waals surface area contributed by atoms with E-state index >= 15 is 0 Å². The minimum Gasteiger partial charge on any atom is -0.269 e. The van der Waals surface area contributed by atoms with E-state index in [9.17, 15) is 9.59 Å². The summed E-state index contributed by atoms with van der Waals surface area (Å²) >= 11 is 0. The minimum absolute atomic E-state index is 0.0294. The fourth-order valence-electron chi connectivity index (χ4n) is 3.54. The maximum absolute atomic E-state index is 12.6. The van der Waals surface area contributed by atoms with E-state index in [1.165, 1.54) is 9.58 Å². The first-order valence-electron chi connectivity index (χ1n) is 9.49. The molecule has 5 rings (SSSR count). The third-order valence-corrected chi connectivity index (χ3v) is 5.09. The van der Waals surface area contributed by atoms with Crippen LogP contribution < -0.4 is 0 Å². The lowest BCUT2D eigenvalue weighted by Crippen LogP contribution is -2.29. The lowest BCUT2D eigenvalue weighted by atomic mass is 10.1. The van der Waals surface area contributed by atoms with Gasteiger partial charge in [-0.05, 0) is 43.3 Å². The number of hydrogen-bond donors (Lipinski definition) is 0. The van der Waals surface area contributed by atoms with Gasteiger partial charge in [0.1, 0.15) is 5.69 Å². The molecule has 2 aromatic carbocycles. The van der Waals surface area contributed by atoms with Gasteiger partial charge in [0.05, 0.1) is 41.2 Å². The Hall–Kier alpha value is -4.58. The van der Waals surface area contributed by atoms with Gasteiger partial charge in [-0.2, -0.15) is 5.26 Å². The van der Waals surface area contributed by atoms with Crippen LogP contribution in [0.2, 0.25) is 0 Å². The maximum atomic E-state index is 12.6. The van der Waals surface area contributed by atoms with Crippen LogP contribution in [0.1, 0.15) is 37.7 Å². The molecule has 0 unspecified atom stereocenters. The predicted molar refractivity (Wildman–Crippen MR) is 109 cm³/mol. The summed E-state index contributed by atoms with van der Waals surface area (Å²) in [6.07, 6.45) is 1.65. The third-order valence-electron chi connectivity index (χ3n) is 5.09. The highest BCUT2D eigenvalue weighted by Gasteiger charge is 2.35. The third kappa shape index (κ3) is 3.07. The highest BCUT2D eigenvalue weighted by atomic mass is 16.2. The number of hydrogen-bond acceptors (Lipinski definition) is 6. The summed E-state index contributed by atoms with van der Waals surface area (Å²) in [4.78, 5) is 26.3. The fourth-order valence-corrected chi connectivity index (χ4v) is 3.54. The van der Waals surface area contributed by atoms with Crippen molar-refractivity contribution in [2.75, 3.05) is 0 Å². The lowest BCUT2D eigenvalue weighted by Gasteiger charge is -2.10. The molecule has 4 aromatic rings. The fraction of sp³-hybridized carbons (Fsp3) is 0.0909. The normalized spacial score (nSPS) is 12.8. The number of amides is 2. The minimum atomic E-state index is -0.337. The van der Waals surface area contributed by atoms with E-state index in [4.69, 9.17) is 5.26 Å². The van der Waals surface area contributed by atoms with Crippen molar-refractivity contribution >= 4 is 11.8 Å². The molecule has 0 saturated heterocycles. The molecule has 0 aliphatic carbocycles. The van der Waals surface area contributed by atoms with Crippen molar-refractivity contribution in [3.05, 3.63) is 88.9 Å². The van der Waals surface area contributed by atoms with Gasteiger partial charge in [-0.3, -0.25) is 14.5 Å². The Labute approximate surface area is 176 Å². The number of nitrogens with zero attached hydrogens (tertiary/aromatic N) is 7. The van der Waals surface area contributed by atoms with Gasteiger partial charge >= 0.3 is 0 Å². The number of carbonyl (C=O) groups excluding carboxylic acids is 2. The van der Waals surface area contributed by atoms with Crippen LogP contribution in [-0.2, 0) is 6.54 Å². The molecular weight excluding hydrogens is 394 g/mol. The molecule has 150 valence electrons. The highest BCUT2D eigenvalue weighted by Crippen LogP contribution is 2.24. The molecule has 0 saturated carbocycles. The number of carbonyl (C=O) groups is 2. The van der Waals surface area contributed by atoms with Crippen LogP contribution in [-0.4, -0.2) is 41.5 Å². The first-order chi connectivity index (χ1) is 15.0. The Balaban J connectivity index is 1.39. The second kappa shape index (κ2) is 7.03. The van der Waals surface area contributed by atoms with Crippen molar-refractivity contribution in [3.8, 4) is 17.6 Å². The van der Waals surface area contributed by atoms with E-state index in [0.29, 0.717) is 28.2 Å². The summed E-state index contributed by atoms with van der Waals surface area (Å²) in [5.74, 6) is -0.129. The van der Waals surface area contributed by atoms with Crippen LogP contribution in [0, 0.1) is 18.3 Å². The molecule has 2 amide bonds. The smallest absolute Gasteiger partial charge is 0.261 e. The molecule has 0 radical (unpaired) electrons. The van der Waals surface area contributed by atoms with Crippen molar-refractivity contribution in [1.29, 1.82) is 5.26 Å². The van der Waals surface area contributed by atoms with Crippen LogP contribution in [0.25, 0.3) is 11.5 Å². The van der Waals surface area contributed by atoms with Gasteiger partial charge in [0.15, 0.2) is 5.82 Å². The van der Waals surface area contributed by atoms with Crippen LogP contribution in [0.3, 0.4) is 0 Å². The van der Waals surface area contributed by atoms with Gasteiger partial charge in [-0.1, -0.05) is 17.3 Å². The number of benzene rings is 2. The van der Waals surface area contributed by atoms with E-state index in [-0.39, 0.29) is 18.4 Å². The summed E-state index contributed by atoms with van der Waals surface area (Å²) < 4.78 is 3.24. The number of rotatable bonds is 4. The van der Waals surface area contributed by atoms with Crippen molar-refractivity contribution in [3.63, 3.8) is 0 Å². The Morgan fingerprint density at radius 3 is 2.32 bits per heavy atom. The zero-order valence-electron chi connectivity index (χ0n) is 16.4. The number of fused-ring (bicyclic) bond motifs is 1. The number of aromatic nitrogens is 5. The highest BCUT2D eigenvalue weighted by molar-refractivity contribution is 6.21. The van der Waals surface area contributed by atoms with Gasteiger partial charge in [0.2, 0.25) is 0 Å². The molecule has 2 aromatic heterocycles. The largest absolute Gasteiger partial charge is 0.269 e. The van der Waals surface area contributed by atoms with Gasteiger partial charge in [0, 0.05) is 11.8 Å². The predicted octanol–water partition coefficient (Wildman–Crippen LogP) is 2.43. The molecule has 9 heteroatoms. The zero-order valence-corrected chi connectivity index (χ0v) is 16.4. The molecular formula is C22H15N7O2. The number of nitriles is 1. The summed E-state index contributed by atoms with van der Waals surface area (Å²) in [7, 11) is 0. The molecule has 0 N–H and O–H groups in total. The molecule has 0 spiro atoms. The SMILES string of the molecule is Cc1cc(-n2cc(CN3C(=O)c4ccccc4C3=O)nn2)nn1-c1ccc(C#N)cc1. The van der Waals surface area contributed by atoms with Crippen molar-refractivity contribution < 1.29 is 9.59 Å².